The first-order chi connectivity index (χ1) is 11.8. The summed E-state index contributed by atoms with van der Waals surface area (Å²) in [6, 6.07) is 8.07. The van der Waals surface area contributed by atoms with Crippen LogP contribution in [0.1, 0.15) is 38.6 Å². The molecule has 2 amide bonds. The van der Waals surface area contributed by atoms with Crippen molar-refractivity contribution >= 4 is 33.6 Å². The summed E-state index contributed by atoms with van der Waals surface area (Å²) in [6.07, 6.45) is 1.41. The lowest BCUT2D eigenvalue weighted by Gasteiger charge is -2.19. The summed E-state index contributed by atoms with van der Waals surface area (Å²) in [5.41, 5.74) is 0.493. The first-order valence-corrected chi connectivity index (χ1v) is 9.23. The van der Waals surface area contributed by atoms with Crippen molar-refractivity contribution in [2.24, 2.45) is 0 Å². The van der Waals surface area contributed by atoms with Crippen LogP contribution in [0.4, 0.5) is 4.79 Å². The van der Waals surface area contributed by atoms with Gasteiger partial charge in [-0.25, -0.2) is 9.78 Å². The smallest absolute Gasteiger partial charge is 0.407 e. The quantitative estimate of drug-likeness (QED) is 0.740. The van der Waals surface area contributed by atoms with Crippen molar-refractivity contribution in [3.8, 4) is 0 Å². The highest BCUT2D eigenvalue weighted by molar-refractivity contribution is 7.18. The number of ether oxygens (including phenoxy) is 1. The molecule has 0 radical (unpaired) electrons. The van der Waals surface area contributed by atoms with Gasteiger partial charge in [-0.05, 0) is 39.3 Å². The number of hydrogen-bond donors (Lipinski definition) is 2. The number of amides is 2. The Morgan fingerprint density at radius 2 is 1.92 bits per heavy atom. The van der Waals surface area contributed by atoms with E-state index in [4.69, 9.17) is 4.74 Å². The standard InChI is InChI=1S/C18H25N3O3S/c1-18(2,3)24-17(23)20-12-10-15(22)19-11-6-9-16-21-13-7-4-5-8-14(13)25-16/h4-5,7-8H,6,9-12H2,1-3H3,(H,19,22)(H,20,23). The summed E-state index contributed by atoms with van der Waals surface area (Å²) < 4.78 is 6.29. The van der Waals surface area contributed by atoms with E-state index in [9.17, 15) is 9.59 Å². The van der Waals surface area contributed by atoms with Gasteiger partial charge in [-0.3, -0.25) is 4.79 Å². The molecule has 6 nitrogen and oxygen atoms in total. The Kier molecular flexibility index (Phi) is 6.75. The molecule has 2 N–H and O–H groups in total. The molecule has 1 aromatic carbocycles. The molecule has 0 aliphatic carbocycles. The van der Waals surface area contributed by atoms with Crippen LogP contribution in [0.2, 0.25) is 0 Å². The van der Waals surface area contributed by atoms with Crippen molar-refractivity contribution < 1.29 is 14.3 Å². The van der Waals surface area contributed by atoms with Crippen LogP contribution < -0.4 is 10.6 Å². The third kappa shape index (κ3) is 7.09. The third-order valence-electron chi connectivity index (χ3n) is 3.25. The molecule has 0 aliphatic rings. The summed E-state index contributed by atoms with van der Waals surface area (Å²) in [7, 11) is 0. The zero-order chi connectivity index (χ0) is 18.3. The number of fused-ring (bicyclic) bond motifs is 1. The number of alkyl carbamates (subject to hydrolysis) is 1. The van der Waals surface area contributed by atoms with E-state index in [2.05, 4.69) is 21.7 Å². The van der Waals surface area contributed by atoms with E-state index in [-0.39, 0.29) is 18.9 Å². The molecule has 0 aliphatic heterocycles. The molecular formula is C18H25N3O3S. The number of carbonyl (C=O) groups is 2. The van der Waals surface area contributed by atoms with Crippen LogP contribution in [-0.4, -0.2) is 35.7 Å². The van der Waals surface area contributed by atoms with E-state index in [1.807, 2.05) is 18.2 Å². The first-order valence-electron chi connectivity index (χ1n) is 8.41. The van der Waals surface area contributed by atoms with Crippen LogP contribution in [0.15, 0.2) is 24.3 Å². The van der Waals surface area contributed by atoms with E-state index < -0.39 is 11.7 Å². The largest absolute Gasteiger partial charge is 0.444 e. The van der Waals surface area contributed by atoms with Gasteiger partial charge in [-0.2, -0.15) is 0 Å². The van der Waals surface area contributed by atoms with Crippen LogP contribution in [0.25, 0.3) is 10.2 Å². The van der Waals surface area contributed by atoms with Crippen molar-refractivity contribution in [1.82, 2.24) is 15.6 Å². The third-order valence-corrected chi connectivity index (χ3v) is 4.34. The number of carbonyl (C=O) groups excluding carboxylic acids is 2. The topological polar surface area (TPSA) is 80.3 Å². The van der Waals surface area contributed by atoms with Gasteiger partial charge < -0.3 is 15.4 Å². The highest BCUT2D eigenvalue weighted by atomic mass is 32.1. The predicted octanol–water partition coefficient (Wildman–Crippen LogP) is 3.26. The summed E-state index contributed by atoms with van der Waals surface area (Å²) in [5.74, 6) is -0.0830. The SMILES string of the molecule is CC(C)(C)OC(=O)NCCC(=O)NCCCc1nc2ccccc2s1. The zero-order valence-corrected chi connectivity index (χ0v) is 15.7. The maximum absolute atomic E-state index is 11.7. The number of hydrogen-bond acceptors (Lipinski definition) is 5. The fraction of sp³-hybridized carbons (Fsp3) is 0.500. The summed E-state index contributed by atoms with van der Waals surface area (Å²) in [5, 5.41) is 6.51. The first kappa shape index (κ1) is 19.2. The lowest BCUT2D eigenvalue weighted by Crippen LogP contribution is -2.35. The van der Waals surface area contributed by atoms with Crippen LogP contribution in [0, 0.1) is 0 Å². The van der Waals surface area contributed by atoms with Crippen LogP contribution in [-0.2, 0) is 16.0 Å². The van der Waals surface area contributed by atoms with E-state index in [1.165, 1.54) is 4.70 Å². The maximum atomic E-state index is 11.7. The van der Waals surface area contributed by atoms with E-state index >= 15 is 0 Å². The molecule has 0 unspecified atom stereocenters. The van der Waals surface area contributed by atoms with Gasteiger partial charge in [0.05, 0.1) is 15.2 Å². The predicted molar refractivity (Wildman–Crippen MR) is 99.8 cm³/mol. The van der Waals surface area contributed by atoms with Crippen molar-refractivity contribution in [3.05, 3.63) is 29.3 Å². The number of nitrogens with zero attached hydrogens (tertiary/aromatic N) is 1. The minimum Gasteiger partial charge on any atom is -0.444 e. The molecule has 2 rings (SSSR count). The normalized spacial score (nSPS) is 11.3. The fourth-order valence-corrected chi connectivity index (χ4v) is 3.18. The minimum atomic E-state index is -0.535. The van der Waals surface area contributed by atoms with Gasteiger partial charge in [0.25, 0.3) is 0 Å². The summed E-state index contributed by atoms with van der Waals surface area (Å²) >= 11 is 1.69. The molecule has 136 valence electrons. The van der Waals surface area contributed by atoms with Gasteiger partial charge >= 0.3 is 6.09 Å². The molecule has 0 atom stereocenters. The Labute approximate surface area is 152 Å². The molecule has 0 fully saturated rings. The number of aryl methyl sites for hydroxylation is 1. The van der Waals surface area contributed by atoms with Gasteiger partial charge in [0.15, 0.2) is 0 Å². The second-order valence-electron chi connectivity index (χ2n) is 6.71. The van der Waals surface area contributed by atoms with Crippen LogP contribution >= 0.6 is 11.3 Å². The fourth-order valence-electron chi connectivity index (χ4n) is 2.17. The number of aromatic nitrogens is 1. The van der Waals surface area contributed by atoms with Crippen LogP contribution in [0.5, 0.6) is 0 Å². The molecular weight excluding hydrogens is 338 g/mol. The molecule has 0 spiro atoms. The Balaban J connectivity index is 1.58. The van der Waals surface area contributed by atoms with Crippen molar-refractivity contribution in [2.45, 2.75) is 45.6 Å². The Morgan fingerprint density at radius 1 is 1.16 bits per heavy atom. The molecule has 1 heterocycles. The molecule has 1 aromatic heterocycles. The highest BCUT2D eigenvalue weighted by Crippen LogP contribution is 2.22. The molecule has 25 heavy (non-hydrogen) atoms. The molecule has 7 heteroatoms. The van der Waals surface area contributed by atoms with Crippen LogP contribution in [0.3, 0.4) is 0 Å². The number of nitrogens with one attached hydrogen (secondary N) is 2. The highest BCUT2D eigenvalue weighted by Gasteiger charge is 2.15. The van der Waals surface area contributed by atoms with Crippen molar-refractivity contribution in [3.63, 3.8) is 0 Å². The number of thiazole rings is 1. The van der Waals surface area contributed by atoms with Gasteiger partial charge in [0.1, 0.15) is 5.60 Å². The van der Waals surface area contributed by atoms with Gasteiger partial charge in [0.2, 0.25) is 5.91 Å². The molecule has 2 aromatic rings. The van der Waals surface area contributed by atoms with Gasteiger partial charge in [-0.1, -0.05) is 12.1 Å². The lowest BCUT2D eigenvalue weighted by atomic mass is 10.2. The summed E-state index contributed by atoms with van der Waals surface area (Å²) in [6.45, 7) is 6.25. The average Bonchev–Trinajstić information content (AvgIpc) is 2.92. The van der Waals surface area contributed by atoms with Gasteiger partial charge in [0, 0.05) is 25.9 Å². The zero-order valence-electron chi connectivity index (χ0n) is 14.9. The monoisotopic (exact) mass is 363 g/mol. The van der Waals surface area contributed by atoms with Crippen molar-refractivity contribution in [2.75, 3.05) is 13.1 Å². The average molecular weight is 363 g/mol. The minimum absolute atomic E-state index is 0.0830. The number of benzene rings is 1. The maximum Gasteiger partial charge on any atom is 0.407 e. The van der Waals surface area contributed by atoms with E-state index in [0.717, 1.165) is 23.4 Å². The number of rotatable bonds is 7. The molecule has 0 saturated heterocycles. The van der Waals surface area contributed by atoms with E-state index in [1.54, 1.807) is 32.1 Å². The number of para-hydroxylation sites is 1. The summed E-state index contributed by atoms with van der Waals surface area (Å²) in [4.78, 5) is 27.8. The van der Waals surface area contributed by atoms with Gasteiger partial charge in [-0.15, -0.1) is 11.3 Å². The Morgan fingerprint density at radius 3 is 2.64 bits per heavy atom. The lowest BCUT2D eigenvalue weighted by molar-refractivity contribution is -0.120. The Hall–Kier alpha value is -2.15. The second-order valence-corrected chi connectivity index (χ2v) is 7.82. The molecule has 0 bridgehead atoms. The van der Waals surface area contributed by atoms with Crippen molar-refractivity contribution in [1.29, 1.82) is 0 Å². The second kappa shape index (κ2) is 8.80. The van der Waals surface area contributed by atoms with E-state index in [0.29, 0.717) is 6.54 Å². The molecule has 0 saturated carbocycles. The Bertz CT molecular complexity index is 689.